The Hall–Kier alpha value is -2.60. The molecule has 0 bridgehead atoms. The van der Waals surface area contributed by atoms with Crippen LogP contribution in [-0.2, 0) is 19.6 Å². The summed E-state index contributed by atoms with van der Waals surface area (Å²) in [5.74, 6) is 1.39. The van der Waals surface area contributed by atoms with Crippen molar-refractivity contribution in [3.05, 3.63) is 59.3 Å². The van der Waals surface area contributed by atoms with E-state index in [-0.39, 0.29) is 0 Å². The number of likely N-dealkylation sites (tertiary alicyclic amines) is 1. The third-order valence-electron chi connectivity index (χ3n) is 5.03. The van der Waals surface area contributed by atoms with Crippen LogP contribution in [0, 0.1) is 0 Å². The van der Waals surface area contributed by atoms with E-state index < -0.39 is 0 Å². The monoisotopic (exact) mass is 381 g/mol. The maximum Gasteiger partial charge on any atom is 0.212 e. The molecule has 2 heterocycles. The number of benzene rings is 1. The molecule has 150 valence electrons. The van der Waals surface area contributed by atoms with E-state index >= 15 is 0 Å². The molecule has 0 amide bonds. The van der Waals surface area contributed by atoms with Crippen molar-refractivity contribution in [2.24, 2.45) is 4.99 Å². The van der Waals surface area contributed by atoms with Gasteiger partial charge in [0.1, 0.15) is 0 Å². The molecule has 0 aliphatic carbocycles. The molecule has 6 heteroatoms. The van der Waals surface area contributed by atoms with Crippen LogP contribution >= 0.6 is 0 Å². The quantitative estimate of drug-likeness (QED) is 0.570. The molecule has 1 fully saturated rings. The Balaban J connectivity index is 1.43. The van der Waals surface area contributed by atoms with Crippen LogP contribution in [0.3, 0.4) is 0 Å². The lowest BCUT2D eigenvalue weighted by molar-refractivity contribution is 0.221. The number of aromatic nitrogens is 1. The summed E-state index contributed by atoms with van der Waals surface area (Å²) in [5, 5.41) is 6.67. The number of nitrogens with one attached hydrogen (secondary N) is 2. The molecule has 0 atom stereocenters. The molecule has 2 aromatic rings. The van der Waals surface area contributed by atoms with Crippen LogP contribution in [0.2, 0.25) is 0 Å². The van der Waals surface area contributed by atoms with E-state index in [2.05, 4.69) is 49.8 Å². The molecular formula is C22H31N5O. The first-order chi connectivity index (χ1) is 13.8. The zero-order chi connectivity index (χ0) is 19.6. The van der Waals surface area contributed by atoms with Gasteiger partial charge in [0.25, 0.3) is 0 Å². The summed E-state index contributed by atoms with van der Waals surface area (Å²) in [7, 11) is 3.40. The fourth-order valence-electron chi connectivity index (χ4n) is 3.37. The normalized spacial score (nSPS) is 15.3. The molecule has 2 N–H and O–H groups in total. The van der Waals surface area contributed by atoms with Crippen LogP contribution in [0.25, 0.3) is 0 Å². The van der Waals surface area contributed by atoms with Crippen LogP contribution in [0.4, 0.5) is 0 Å². The second-order valence-corrected chi connectivity index (χ2v) is 7.14. The van der Waals surface area contributed by atoms with Crippen LogP contribution in [0.1, 0.15) is 36.0 Å². The topological polar surface area (TPSA) is 61.8 Å². The number of aliphatic imine (C=N–C) groups is 1. The highest BCUT2D eigenvalue weighted by Crippen LogP contribution is 2.13. The average molecular weight is 382 g/mol. The van der Waals surface area contributed by atoms with Crippen molar-refractivity contribution in [2.75, 3.05) is 27.2 Å². The zero-order valence-electron chi connectivity index (χ0n) is 16.9. The summed E-state index contributed by atoms with van der Waals surface area (Å²) in [6.45, 7) is 4.92. The Morgan fingerprint density at radius 3 is 2.21 bits per heavy atom. The van der Waals surface area contributed by atoms with Crippen molar-refractivity contribution in [3.8, 4) is 5.88 Å². The standard InChI is InChI=1S/C22H31N5O/c1-23-22(26-16-20-10-11-21(28-2)24-15-20)25-14-18-6-8-19(9-7-18)17-27-12-4-3-5-13-27/h6-11,15H,3-5,12-14,16-17H2,1-2H3,(H2,23,25,26). The third-order valence-corrected chi connectivity index (χ3v) is 5.03. The van der Waals surface area contributed by atoms with Crippen molar-refractivity contribution < 1.29 is 4.74 Å². The number of ether oxygens (including phenoxy) is 1. The third kappa shape index (κ3) is 6.23. The van der Waals surface area contributed by atoms with E-state index in [0.29, 0.717) is 12.4 Å². The van der Waals surface area contributed by atoms with Gasteiger partial charge in [0, 0.05) is 38.9 Å². The number of methoxy groups -OCH3 is 1. The van der Waals surface area contributed by atoms with Crippen LogP contribution in [0.15, 0.2) is 47.6 Å². The first-order valence-corrected chi connectivity index (χ1v) is 10.0. The predicted molar refractivity (Wildman–Crippen MR) is 113 cm³/mol. The maximum atomic E-state index is 5.08. The first kappa shape index (κ1) is 20.1. The van der Waals surface area contributed by atoms with Crippen molar-refractivity contribution in [3.63, 3.8) is 0 Å². The van der Waals surface area contributed by atoms with E-state index in [4.69, 9.17) is 4.74 Å². The Morgan fingerprint density at radius 2 is 1.61 bits per heavy atom. The summed E-state index contributed by atoms with van der Waals surface area (Å²) in [6.07, 6.45) is 5.85. The molecule has 0 radical (unpaired) electrons. The summed E-state index contributed by atoms with van der Waals surface area (Å²) in [4.78, 5) is 11.1. The zero-order valence-corrected chi connectivity index (χ0v) is 16.9. The van der Waals surface area contributed by atoms with Gasteiger partial charge in [-0.2, -0.15) is 0 Å². The summed E-state index contributed by atoms with van der Waals surface area (Å²) < 4.78 is 5.08. The van der Waals surface area contributed by atoms with Gasteiger partial charge in [0.2, 0.25) is 5.88 Å². The van der Waals surface area contributed by atoms with Gasteiger partial charge in [-0.15, -0.1) is 0 Å². The summed E-state index contributed by atoms with van der Waals surface area (Å²) >= 11 is 0. The van der Waals surface area contributed by atoms with E-state index in [9.17, 15) is 0 Å². The molecular weight excluding hydrogens is 350 g/mol. The molecule has 6 nitrogen and oxygen atoms in total. The fourth-order valence-corrected chi connectivity index (χ4v) is 3.37. The predicted octanol–water partition coefficient (Wildman–Crippen LogP) is 2.94. The van der Waals surface area contributed by atoms with Crippen LogP contribution in [-0.4, -0.2) is 43.1 Å². The van der Waals surface area contributed by atoms with Crippen molar-refractivity contribution in [1.29, 1.82) is 0 Å². The van der Waals surface area contributed by atoms with E-state index in [1.165, 1.54) is 43.5 Å². The lowest BCUT2D eigenvalue weighted by Gasteiger charge is -2.26. The summed E-state index contributed by atoms with van der Waals surface area (Å²) in [6, 6.07) is 12.7. The van der Waals surface area contributed by atoms with Crippen molar-refractivity contribution in [1.82, 2.24) is 20.5 Å². The van der Waals surface area contributed by atoms with Crippen molar-refractivity contribution in [2.45, 2.75) is 38.9 Å². The lowest BCUT2D eigenvalue weighted by atomic mass is 10.1. The van der Waals surface area contributed by atoms with E-state index in [1.54, 1.807) is 20.4 Å². The first-order valence-electron chi connectivity index (χ1n) is 10.0. The fraction of sp³-hybridized carbons (Fsp3) is 0.455. The Labute approximate surface area is 168 Å². The van der Waals surface area contributed by atoms with Gasteiger partial charge < -0.3 is 15.4 Å². The minimum absolute atomic E-state index is 0.620. The molecule has 1 aliphatic rings. The highest BCUT2D eigenvalue weighted by atomic mass is 16.5. The molecule has 1 aromatic heterocycles. The molecule has 3 rings (SSSR count). The number of hydrogen-bond donors (Lipinski definition) is 2. The Kier molecular flexibility index (Phi) is 7.67. The second kappa shape index (κ2) is 10.7. The minimum Gasteiger partial charge on any atom is -0.481 e. The number of rotatable bonds is 7. The van der Waals surface area contributed by atoms with Crippen molar-refractivity contribution >= 4 is 5.96 Å². The lowest BCUT2D eigenvalue weighted by Crippen LogP contribution is -2.36. The number of piperidine rings is 1. The molecule has 1 aliphatic heterocycles. The number of hydrogen-bond acceptors (Lipinski definition) is 4. The SMILES string of the molecule is CN=C(NCc1ccc(CN2CCCCC2)cc1)NCc1ccc(OC)nc1. The molecule has 0 spiro atoms. The summed E-state index contributed by atoms with van der Waals surface area (Å²) in [5.41, 5.74) is 3.71. The molecule has 1 saturated heterocycles. The molecule has 0 unspecified atom stereocenters. The van der Waals surface area contributed by atoms with Crippen LogP contribution < -0.4 is 15.4 Å². The Bertz CT molecular complexity index is 737. The van der Waals surface area contributed by atoms with Gasteiger partial charge in [-0.25, -0.2) is 4.98 Å². The van der Waals surface area contributed by atoms with Gasteiger partial charge in [-0.1, -0.05) is 36.8 Å². The highest BCUT2D eigenvalue weighted by Gasteiger charge is 2.10. The van der Waals surface area contributed by atoms with E-state index in [0.717, 1.165) is 24.6 Å². The van der Waals surface area contributed by atoms with Gasteiger partial charge in [0.15, 0.2) is 5.96 Å². The highest BCUT2D eigenvalue weighted by molar-refractivity contribution is 5.79. The molecule has 0 saturated carbocycles. The van der Waals surface area contributed by atoms with E-state index in [1.807, 2.05) is 12.1 Å². The Morgan fingerprint density at radius 1 is 0.964 bits per heavy atom. The smallest absolute Gasteiger partial charge is 0.212 e. The number of pyridine rings is 1. The van der Waals surface area contributed by atoms with Gasteiger partial charge in [0.05, 0.1) is 7.11 Å². The second-order valence-electron chi connectivity index (χ2n) is 7.14. The van der Waals surface area contributed by atoms with Gasteiger partial charge in [-0.05, 0) is 42.6 Å². The minimum atomic E-state index is 0.620. The average Bonchev–Trinajstić information content (AvgIpc) is 2.76. The molecule has 1 aromatic carbocycles. The largest absolute Gasteiger partial charge is 0.481 e. The van der Waals surface area contributed by atoms with Gasteiger partial charge in [-0.3, -0.25) is 9.89 Å². The van der Waals surface area contributed by atoms with Crippen LogP contribution in [0.5, 0.6) is 5.88 Å². The molecule has 28 heavy (non-hydrogen) atoms. The van der Waals surface area contributed by atoms with Gasteiger partial charge >= 0.3 is 0 Å². The number of guanidine groups is 1. The maximum absolute atomic E-state index is 5.08. The number of nitrogens with zero attached hydrogens (tertiary/aromatic N) is 3.